The molecular formula is C13H26N2O4S2. The lowest BCUT2D eigenvalue weighted by Gasteiger charge is -2.35. The standard InChI is InChI=1S/C13H26N2O4S2/c1-2-14-10-12-4-3-7-15(11-12)21(18,19)13-5-8-20(16,17)9-6-13/h12-14H,2-11H2,1H3. The maximum absolute atomic E-state index is 12.7. The Hall–Kier alpha value is -0.180. The third kappa shape index (κ3) is 4.40. The minimum Gasteiger partial charge on any atom is -0.317 e. The van der Waals surface area contributed by atoms with E-state index >= 15 is 0 Å². The van der Waals surface area contributed by atoms with Gasteiger partial charge in [0, 0.05) is 13.1 Å². The second-order valence-corrected chi connectivity index (χ2v) is 10.6. The number of rotatable bonds is 5. The molecule has 0 spiro atoms. The predicted octanol–water partition coefficient (Wildman–Crippen LogP) is 0.215. The van der Waals surface area contributed by atoms with Crippen molar-refractivity contribution in [2.75, 3.05) is 37.7 Å². The Balaban J connectivity index is 1.99. The van der Waals surface area contributed by atoms with Crippen molar-refractivity contribution < 1.29 is 16.8 Å². The number of sulfone groups is 1. The summed E-state index contributed by atoms with van der Waals surface area (Å²) in [6.45, 7) is 4.93. The third-order valence-corrected chi connectivity index (χ3v) is 8.53. The summed E-state index contributed by atoms with van der Waals surface area (Å²) in [5.74, 6) is 0.373. The molecule has 0 radical (unpaired) electrons. The summed E-state index contributed by atoms with van der Waals surface area (Å²) in [5, 5.41) is 2.76. The summed E-state index contributed by atoms with van der Waals surface area (Å²) in [5.41, 5.74) is 0. The van der Waals surface area contributed by atoms with Gasteiger partial charge in [-0.05, 0) is 44.7 Å². The number of nitrogens with zero attached hydrogens (tertiary/aromatic N) is 1. The molecule has 2 aliphatic heterocycles. The Kier molecular flexibility index (Phi) is 5.67. The van der Waals surface area contributed by atoms with Crippen LogP contribution in [-0.2, 0) is 19.9 Å². The zero-order valence-electron chi connectivity index (χ0n) is 12.6. The van der Waals surface area contributed by atoms with Gasteiger partial charge in [0.05, 0.1) is 16.8 Å². The Morgan fingerprint density at radius 3 is 2.48 bits per heavy atom. The van der Waals surface area contributed by atoms with Gasteiger partial charge in [-0.2, -0.15) is 0 Å². The fraction of sp³-hybridized carbons (Fsp3) is 1.00. The Morgan fingerprint density at radius 1 is 1.19 bits per heavy atom. The number of sulfonamides is 1. The van der Waals surface area contributed by atoms with E-state index in [1.165, 1.54) is 0 Å². The fourth-order valence-electron chi connectivity index (χ4n) is 3.15. The topological polar surface area (TPSA) is 83.6 Å². The highest BCUT2D eigenvalue weighted by atomic mass is 32.2. The number of nitrogens with one attached hydrogen (secondary N) is 1. The Labute approximate surface area is 128 Å². The van der Waals surface area contributed by atoms with E-state index in [1.807, 2.05) is 6.92 Å². The van der Waals surface area contributed by atoms with Gasteiger partial charge in [0.2, 0.25) is 10.0 Å². The van der Waals surface area contributed by atoms with Crippen molar-refractivity contribution in [3.63, 3.8) is 0 Å². The van der Waals surface area contributed by atoms with Crippen molar-refractivity contribution in [2.24, 2.45) is 5.92 Å². The molecule has 0 aliphatic carbocycles. The van der Waals surface area contributed by atoms with Crippen LogP contribution in [-0.4, -0.2) is 64.1 Å². The van der Waals surface area contributed by atoms with Gasteiger partial charge >= 0.3 is 0 Å². The summed E-state index contributed by atoms with van der Waals surface area (Å²) in [7, 11) is -6.37. The molecule has 2 fully saturated rings. The molecule has 1 unspecified atom stereocenters. The molecule has 21 heavy (non-hydrogen) atoms. The minimum absolute atomic E-state index is 0.00551. The van der Waals surface area contributed by atoms with Crippen molar-refractivity contribution in [1.29, 1.82) is 0 Å². The summed E-state index contributed by atoms with van der Waals surface area (Å²) >= 11 is 0. The molecule has 2 saturated heterocycles. The van der Waals surface area contributed by atoms with Gasteiger partial charge in [-0.3, -0.25) is 0 Å². The fourth-order valence-corrected chi connectivity index (χ4v) is 7.00. The zero-order valence-corrected chi connectivity index (χ0v) is 14.3. The molecule has 6 nitrogen and oxygen atoms in total. The highest BCUT2D eigenvalue weighted by Gasteiger charge is 2.38. The summed E-state index contributed by atoms with van der Waals surface area (Å²) in [4.78, 5) is 0. The minimum atomic E-state index is -3.35. The molecule has 0 aromatic rings. The lowest BCUT2D eigenvalue weighted by molar-refractivity contribution is 0.258. The van der Waals surface area contributed by atoms with Gasteiger partial charge in [0.15, 0.2) is 0 Å². The molecule has 0 aromatic heterocycles. The van der Waals surface area contributed by atoms with E-state index in [4.69, 9.17) is 0 Å². The molecule has 1 atom stereocenters. The highest BCUT2D eigenvalue weighted by molar-refractivity contribution is 7.92. The van der Waals surface area contributed by atoms with Crippen LogP contribution in [0.5, 0.6) is 0 Å². The Morgan fingerprint density at radius 2 is 1.86 bits per heavy atom. The first-order valence-corrected chi connectivity index (χ1v) is 11.1. The van der Waals surface area contributed by atoms with E-state index in [0.717, 1.165) is 25.9 Å². The third-order valence-electron chi connectivity index (χ3n) is 4.45. The van der Waals surface area contributed by atoms with Crippen LogP contribution >= 0.6 is 0 Å². The van der Waals surface area contributed by atoms with Crippen molar-refractivity contribution in [3.8, 4) is 0 Å². The van der Waals surface area contributed by atoms with Gasteiger partial charge in [-0.1, -0.05) is 6.92 Å². The Bertz CT molecular complexity index is 531. The van der Waals surface area contributed by atoms with Gasteiger partial charge in [0.1, 0.15) is 9.84 Å². The molecular weight excluding hydrogens is 312 g/mol. The van der Waals surface area contributed by atoms with Gasteiger partial charge < -0.3 is 5.32 Å². The highest BCUT2D eigenvalue weighted by Crippen LogP contribution is 2.26. The van der Waals surface area contributed by atoms with Crippen LogP contribution < -0.4 is 5.32 Å². The smallest absolute Gasteiger partial charge is 0.217 e. The van der Waals surface area contributed by atoms with Gasteiger partial charge in [0.25, 0.3) is 0 Å². The SMILES string of the molecule is CCNCC1CCCN(S(=O)(=O)C2CCS(=O)(=O)CC2)C1. The van der Waals surface area contributed by atoms with Gasteiger partial charge in [-0.25, -0.2) is 21.1 Å². The number of piperidine rings is 1. The monoisotopic (exact) mass is 338 g/mol. The quantitative estimate of drug-likeness (QED) is 0.775. The molecule has 8 heteroatoms. The first-order chi connectivity index (χ1) is 9.85. The van der Waals surface area contributed by atoms with Crippen LogP contribution in [0.3, 0.4) is 0 Å². The first kappa shape index (κ1) is 17.2. The van der Waals surface area contributed by atoms with Crippen molar-refractivity contribution in [1.82, 2.24) is 9.62 Å². The van der Waals surface area contributed by atoms with E-state index in [2.05, 4.69) is 5.32 Å². The molecule has 2 heterocycles. The van der Waals surface area contributed by atoms with Crippen LogP contribution in [0.1, 0.15) is 32.6 Å². The van der Waals surface area contributed by atoms with Crippen LogP contribution in [0.25, 0.3) is 0 Å². The molecule has 0 bridgehead atoms. The summed E-state index contributed by atoms with van der Waals surface area (Å²) < 4.78 is 49.9. The zero-order chi connectivity index (χ0) is 15.5. The summed E-state index contributed by atoms with van der Waals surface area (Å²) in [6.07, 6.45) is 2.44. The average Bonchev–Trinajstić information content (AvgIpc) is 2.45. The summed E-state index contributed by atoms with van der Waals surface area (Å²) in [6, 6.07) is 0. The molecule has 0 amide bonds. The molecule has 0 aromatic carbocycles. The largest absolute Gasteiger partial charge is 0.317 e. The number of hydrogen-bond acceptors (Lipinski definition) is 5. The van der Waals surface area contributed by atoms with Crippen molar-refractivity contribution >= 4 is 19.9 Å². The molecule has 0 saturated carbocycles. The maximum Gasteiger partial charge on any atom is 0.217 e. The molecule has 2 rings (SSSR count). The maximum atomic E-state index is 12.7. The molecule has 124 valence electrons. The molecule has 1 N–H and O–H groups in total. The van der Waals surface area contributed by atoms with E-state index in [1.54, 1.807) is 4.31 Å². The van der Waals surface area contributed by atoms with Gasteiger partial charge in [-0.15, -0.1) is 0 Å². The van der Waals surface area contributed by atoms with E-state index < -0.39 is 25.1 Å². The second-order valence-electron chi connectivity index (χ2n) is 6.07. The lowest BCUT2D eigenvalue weighted by Crippen LogP contribution is -2.48. The van der Waals surface area contributed by atoms with Crippen molar-refractivity contribution in [2.45, 2.75) is 37.9 Å². The van der Waals surface area contributed by atoms with Crippen LogP contribution in [0.15, 0.2) is 0 Å². The van der Waals surface area contributed by atoms with Crippen LogP contribution in [0.2, 0.25) is 0 Å². The van der Waals surface area contributed by atoms with Crippen LogP contribution in [0, 0.1) is 5.92 Å². The van der Waals surface area contributed by atoms with E-state index in [0.29, 0.717) is 19.0 Å². The van der Waals surface area contributed by atoms with Crippen molar-refractivity contribution in [3.05, 3.63) is 0 Å². The molecule has 2 aliphatic rings. The average molecular weight is 338 g/mol. The second kappa shape index (κ2) is 6.93. The van der Waals surface area contributed by atoms with E-state index in [-0.39, 0.29) is 24.3 Å². The first-order valence-electron chi connectivity index (χ1n) is 7.75. The van der Waals surface area contributed by atoms with Crippen LogP contribution in [0.4, 0.5) is 0 Å². The predicted molar refractivity (Wildman–Crippen MR) is 83.4 cm³/mol. The normalized spacial score (nSPS) is 28.5. The number of hydrogen-bond donors (Lipinski definition) is 1. The lowest BCUT2D eigenvalue weighted by atomic mass is 10.00. The van der Waals surface area contributed by atoms with E-state index in [9.17, 15) is 16.8 Å².